The summed E-state index contributed by atoms with van der Waals surface area (Å²) in [4.78, 5) is 17.3. The van der Waals surface area contributed by atoms with Crippen molar-refractivity contribution in [2.75, 3.05) is 5.32 Å². The topological polar surface area (TPSA) is 55.1 Å². The molecule has 0 bridgehead atoms. The van der Waals surface area contributed by atoms with Crippen molar-refractivity contribution < 1.29 is 13.2 Å². The average molecular weight is 420 g/mol. The Hall–Kier alpha value is -3.54. The first-order valence-electron chi connectivity index (χ1n) is 9.97. The van der Waals surface area contributed by atoms with E-state index in [1.54, 1.807) is 31.5 Å². The van der Waals surface area contributed by atoms with Crippen LogP contribution in [0, 0.1) is 32.4 Å². The van der Waals surface area contributed by atoms with Crippen molar-refractivity contribution in [3.63, 3.8) is 0 Å². The van der Waals surface area contributed by atoms with Crippen molar-refractivity contribution >= 4 is 16.7 Å². The van der Waals surface area contributed by atoms with Crippen LogP contribution in [0.5, 0.6) is 0 Å². The smallest absolute Gasteiger partial charge is 0.196 e. The molecule has 6 heteroatoms. The molecule has 4 nitrogen and oxygen atoms in total. The maximum Gasteiger partial charge on any atom is 0.196 e. The van der Waals surface area contributed by atoms with Gasteiger partial charge in [-0.3, -0.25) is 9.78 Å². The summed E-state index contributed by atoms with van der Waals surface area (Å²) in [7, 11) is 0. The van der Waals surface area contributed by atoms with Crippen LogP contribution in [0.3, 0.4) is 0 Å². The Bertz CT molecular complexity index is 1350. The van der Waals surface area contributed by atoms with Gasteiger partial charge in [-0.25, -0.2) is 8.78 Å². The molecule has 2 heterocycles. The highest BCUT2D eigenvalue weighted by atomic mass is 19.2. The molecule has 1 N–H and O–H groups in total. The standard InChI is InChI=1S/C25H22F2N2O2/c1-13-10-18(16(4)29-21-8-7-20(26)22(27)14(21)2)25-19(11-13)23(30)15(3)24(31-25)17-6-5-9-28-12-17/h5-12,16,29H,1-4H3. The SMILES string of the molecule is Cc1cc(C(C)Nc2ccc(F)c(F)c2C)c2oc(-c3cccnc3)c(C)c(=O)c2c1. The molecule has 1 atom stereocenters. The molecule has 0 aliphatic rings. The van der Waals surface area contributed by atoms with Crippen LogP contribution >= 0.6 is 0 Å². The summed E-state index contributed by atoms with van der Waals surface area (Å²) < 4.78 is 33.8. The predicted octanol–water partition coefficient (Wildman–Crippen LogP) is 6.23. The number of hydrogen-bond donors (Lipinski definition) is 1. The fourth-order valence-corrected chi connectivity index (χ4v) is 3.78. The van der Waals surface area contributed by atoms with Crippen LogP contribution in [0.25, 0.3) is 22.3 Å². The van der Waals surface area contributed by atoms with Gasteiger partial charge in [-0.05, 0) is 63.6 Å². The summed E-state index contributed by atoms with van der Waals surface area (Å²) in [5.41, 5.74) is 3.89. The number of aromatic nitrogens is 1. The van der Waals surface area contributed by atoms with Crippen LogP contribution in [0.4, 0.5) is 14.5 Å². The number of nitrogens with zero attached hydrogens (tertiary/aromatic N) is 1. The summed E-state index contributed by atoms with van der Waals surface area (Å²) in [6, 6.07) is 9.62. The first-order valence-corrected chi connectivity index (χ1v) is 9.97. The van der Waals surface area contributed by atoms with Gasteiger partial charge >= 0.3 is 0 Å². The molecule has 31 heavy (non-hydrogen) atoms. The fraction of sp³-hybridized carbons (Fsp3) is 0.200. The van der Waals surface area contributed by atoms with E-state index in [1.807, 2.05) is 26.0 Å². The number of rotatable bonds is 4. The van der Waals surface area contributed by atoms with Crippen LogP contribution in [0.15, 0.2) is 58.0 Å². The lowest BCUT2D eigenvalue weighted by atomic mass is 9.99. The lowest BCUT2D eigenvalue weighted by molar-refractivity contribution is 0.503. The van der Waals surface area contributed by atoms with Crippen LogP contribution in [-0.2, 0) is 0 Å². The van der Waals surface area contributed by atoms with Gasteiger partial charge in [-0.1, -0.05) is 6.07 Å². The maximum atomic E-state index is 14.0. The van der Waals surface area contributed by atoms with Gasteiger partial charge in [0.2, 0.25) is 0 Å². The zero-order chi connectivity index (χ0) is 22.3. The highest BCUT2D eigenvalue weighted by molar-refractivity contribution is 5.84. The van der Waals surface area contributed by atoms with Crippen molar-refractivity contribution in [3.05, 3.63) is 92.9 Å². The zero-order valence-corrected chi connectivity index (χ0v) is 17.7. The third-order valence-corrected chi connectivity index (χ3v) is 5.49. The van der Waals surface area contributed by atoms with E-state index >= 15 is 0 Å². The zero-order valence-electron chi connectivity index (χ0n) is 17.7. The number of pyridine rings is 1. The number of fused-ring (bicyclic) bond motifs is 1. The Morgan fingerprint density at radius 2 is 1.84 bits per heavy atom. The minimum Gasteiger partial charge on any atom is -0.455 e. The number of nitrogens with one attached hydrogen (secondary N) is 1. The van der Waals surface area contributed by atoms with Crippen molar-refractivity contribution in [2.45, 2.75) is 33.7 Å². The van der Waals surface area contributed by atoms with E-state index in [1.165, 1.54) is 13.0 Å². The Labute approximate surface area is 178 Å². The first-order chi connectivity index (χ1) is 14.8. The molecule has 2 aromatic carbocycles. The Morgan fingerprint density at radius 1 is 1.06 bits per heavy atom. The molecule has 0 aliphatic heterocycles. The summed E-state index contributed by atoms with van der Waals surface area (Å²) in [6.45, 7) is 7.05. The quantitative estimate of drug-likeness (QED) is 0.425. The van der Waals surface area contributed by atoms with Gasteiger partial charge in [0.15, 0.2) is 17.1 Å². The van der Waals surface area contributed by atoms with Gasteiger partial charge in [-0.2, -0.15) is 0 Å². The molecule has 0 radical (unpaired) electrons. The second kappa shape index (κ2) is 7.95. The summed E-state index contributed by atoms with van der Waals surface area (Å²) in [6.07, 6.45) is 3.31. The van der Waals surface area contributed by atoms with Crippen molar-refractivity contribution in [3.8, 4) is 11.3 Å². The van der Waals surface area contributed by atoms with E-state index in [-0.39, 0.29) is 17.0 Å². The van der Waals surface area contributed by atoms with E-state index < -0.39 is 11.6 Å². The number of benzene rings is 2. The Kier molecular flexibility index (Phi) is 5.31. The lowest BCUT2D eigenvalue weighted by Gasteiger charge is -2.20. The highest BCUT2D eigenvalue weighted by Crippen LogP contribution is 2.32. The fourth-order valence-electron chi connectivity index (χ4n) is 3.78. The minimum atomic E-state index is -0.890. The molecule has 0 amide bonds. The molecule has 0 fully saturated rings. The molecule has 2 aromatic heterocycles. The second-order valence-corrected chi connectivity index (χ2v) is 7.76. The van der Waals surface area contributed by atoms with Crippen molar-refractivity contribution in [2.24, 2.45) is 0 Å². The van der Waals surface area contributed by atoms with Crippen LogP contribution in [0.2, 0.25) is 0 Å². The molecule has 0 spiro atoms. The van der Waals surface area contributed by atoms with E-state index in [2.05, 4.69) is 10.3 Å². The molecule has 4 rings (SSSR count). The summed E-state index contributed by atoms with van der Waals surface area (Å²) >= 11 is 0. The van der Waals surface area contributed by atoms with E-state index in [0.29, 0.717) is 33.5 Å². The third-order valence-electron chi connectivity index (χ3n) is 5.49. The average Bonchev–Trinajstić information content (AvgIpc) is 2.77. The number of anilines is 1. The third kappa shape index (κ3) is 3.69. The van der Waals surface area contributed by atoms with Gasteiger partial charge in [-0.15, -0.1) is 0 Å². The van der Waals surface area contributed by atoms with Crippen molar-refractivity contribution in [1.29, 1.82) is 0 Å². The van der Waals surface area contributed by atoms with Gasteiger partial charge < -0.3 is 9.73 Å². The molecular formula is C25H22F2N2O2. The van der Waals surface area contributed by atoms with Gasteiger partial charge in [0.25, 0.3) is 0 Å². The van der Waals surface area contributed by atoms with E-state index in [9.17, 15) is 13.6 Å². The first kappa shape index (κ1) is 20.7. The molecule has 1 unspecified atom stereocenters. The van der Waals surface area contributed by atoms with Gasteiger partial charge in [0.1, 0.15) is 11.3 Å². The Balaban J connectivity index is 1.89. The molecule has 0 saturated carbocycles. The lowest BCUT2D eigenvalue weighted by Crippen LogP contribution is -2.13. The Morgan fingerprint density at radius 3 is 2.55 bits per heavy atom. The van der Waals surface area contributed by atoms with Crippen LogP contribution in [-0.4, -0.2) is 4.98 Å². The maximum absolute atomic E-state index is 14.0. The second-order valence-electron chi connectivity index (χ2n) is 7.76. The normalized spacial score (nSPS) is 12.2. The summed E-state index contributed by atoms with van der Waals surface area (Å²) in [5.74, 6) is -1.31. The molecule has 158 valence electrons. The van der Waals surface area contributed by atoms with Crippen LogP contribution in [0.1, 0.15) is 35.2 Å². The van der Waals surface area contributed by atoms with E-state index in [0.717, 1.165) is 17.2 Å². The van der Waals surface area contributed by atoms with Gasteiger partial charge in [0, 0.05) is 40.3 Å². The van der Waals surface area contributed by atoms with Crippen molar-refractivity contribution in [1.82, 2.24) is 4.98 Å². The molecule has 0 saturated heterocycles. The summed E-state index contributed by atoms with van der Waals surface area (Å²) in [5, 5.41) is 3.71. The molecular weight excluding hydrogens is 398 g/mol. The number of aryl methyl sites for hydroxylation is 1. The monoisotopic (exact) mass is 420 g/mol. The predicted molar refractivity (Wildman–Crippen MR) is 118 cm³/mol. The highest BCUT2D eigenvalue weighted by Gasteiger charge is 2.20. The number of halogens is 2. The van der Waals surface area contributed by atoms with E-state index in [4.69, 9.17) is 4.42 Å². The van der Waals surface area contributed by atoms with Crippen LogP contribution < -0.4 is 10.7 Å². The number of hydrogen-bond acceptors (Lipinski definition) is 4. The molecule has 0 aliphatic carbocycles. The molecule has 4 aromatic rings. The largest absolute Gasteiger partial charge is 0.455 e. The minimum absolute atomic E-state index is 0.110. The van der Waals surface area contributed by atoms with Gasteiger partial charge in [0.05, 0.1) is 11.4 Å².